The number of ether oxygens (including phenoxy) is 3. The minimum atomic E-state index is -0.482. The molecule has 2 heterocycles. The van der Waals surface area contributed by atoms with E-state index in [-0.39, 0.29) is 12.0 Å². The van der Waals surface area contributed by atoms with Crippen molar-refractivity contribution in [2.45, 2.75) is 25.6 Å². The van der Waals surface area contributed by atoms with Crippen LogP contribution >= 0.6 is 0 Å². The number of amides is 2. The molecule has 7 nitrogen and oxygen atoms in total. The monoisotopic (exact) mass is 360 g/mol. The average Bonchev–Trinajstić information content (AvgIpc) is 3.10. The standard InChI is InChI=1S/C19H24N2O5/c1-2-24-17(22)8-5-15-3-6-16(7-4-15)20-18(23)21-11-9-19(10-12-21)25-13-14-26-19/h3-8H,2,9-14H2,1H3,(H,20,23). The zero-order valence-electron chi connectivity index (χ0n) is 14.9. The highest BCUT2D eigenvalue weighted by molar-refractivity contribution is 5.90. The molecule has 1 aromatic carbocycles. The number of carbonyl (C=O) groups excluding carboxylic acids is 2. The van der Waals surface area contributed by atoms with Crippen LogP contribution in [-0.2, 0) is 19.0 Å². The summed E-state index contributed by atoms with van der Waals surface area (Å²) in [5.74, 6) is -0.855. The van der Waals surface area contributed by atoms with Crippen molar-refractivity contribution in [3.05, 3.63) is 35.9 Å². The van der Waals surface area contributed by atoms with Crippen LogP contribution in [0.3, 0.4) is 0 Å². The molecule has 0 radical (unpaired) electrons. The predicted octanol–water partition coefficient (Wildman–Crippen LogP) is 2.63. The molecule has 26 heavy (non-hydrogen) atoms. The second-order valence-corrected chi connectivity index (χ2v) is 6.23. The van der Waals surface area contributed by atoms with Gasteiger partial charge in [0.2, 0.25) is 0 Å². The molecule has 140 valence electrons. The van der Waals surface area contributed by atoms with Crippen molar-refractivity contribution in [2.75, 3.05) is 38.2 Å². The number of nitrogens with zero attached hydrogens (tertiary/aromatic N) is 1. The van der Waals surface area contributed by atoms with Crippen molar-refractivity contribution in [1.29, 1.82) is 0 Å². The van der Waals surface area contributed by atoms with Crippen LogP contribution in [0.4, 0.5) is 10.5 Å². The second kappa shape index (κ2) is 8.33. The van der Waals surface area contributed by atoms with Crippen LogP contribution in [-0.4, -0.2) is 55.6 Å². The first-order valence-corrected chi connectivity index (χ1v) is 8.89. The van der Waals surface area contributed by atoms with E-state index in [1.54, 1.807) is 30.0 Å². The summed E-state index contributed by atoms with van der Waals surface area (Å²) in [5.41, 5.74) is 1.56. The number of likely N-dealkylation sites (tertiary alicyclic amines) is 1. The van der Waals surface area contributed by atoms with Gasteiger partial charge in [-0.25, -0.2) is 9.59 Å². The third-order valence-corrected chi connectivity index (χ3v) is 4.49. The molecule has 0 bridgehead atoms. The van der Waals surface area contributed by atoms with Crippen LogP contribution < -0.4 is 5.32 Å². The van der Waals surface area contributed by atoms with E-state index >= 15 is 0 Å². The SMILES string of the molecule is CCOC(=O)C=Cc1ccc(NC(=O)N2CCC3(CC2)OCCO3)cc1. The van der Waals surface area contributed by atoms with E-state index in [1.165, 1.54) is 6.08 Å². The van der Waals surface area contributed by atoms with Gasteiger partial charge in [0.05, 0.1) is 19.8 Å². The van der Waals surface area contributed by atoms with Gasteiger partial charge in [0.25, 0.3) is 0 Å². The van der Waals surface area contributed by atoms with Gasteiger partial charge in [0.1, 0.15) is 0 Å². The number of hydrogen-bond acceptors (Lipinski definition) is 5. The number of benzene rings is 1. The molecular weight excluding hydrogens is 336 g/mol. The molecule has 0 aromatic heterocycles. The van der Waals surface area contributed by atoms with Gasteiger partial charge in [-0.15, -0.1) is 0 Å². The van der Waals surface area contributed by atoms with Crippen LogP contribution in [0.2, 0.25) is 0 Å². The normalized spacial score (nSPS) is 19.0. The highest BCUT2D eigenvalue weighted by atomic mass is 16.7. The molecule has 2 saturated heterocycles. The summed E-state index contributed by atoms with van der Waals surface area (Å²) in [6, 6.07) is 7.13. The molecule has 1 spiro atoms. The summed E-state index contributed by atoms with van der Waals surface area (Å²) >= 11 is 0. The molecule has 0 aliphatic carbocycles. The van der Waals surface area contributed by atoms with Gasteiger partial charge in [0.15, 0.2) is 5.79 Å². The number of anilines is 1. The van der Waals surface area contributed by atoms with Gasteiger partial charge in [0, 0.05) is 37.7 Å². The van der Waals surface area contributed by atoms with Crippen molar-refractivity contribution in [1.82, 2.24) is 4.90 Å². The van der Waals surface area contributed by atoms with Gasteiger partial charge in [-0.1, -0.05) is 12.1 Å². The molecular formula is C19H24N2O5. The average molecular weight is 360 g/mol. The molecule has 0 unspecified atom stereocenters. The first kappa shape index (κ1) is 18.4. The summed E-state index contributed by atoms with van der Waals surface area (Å²) in [4.78, 5) is 25.5. The molecule has 2 fully saturated rings. The molecule has 3 rings (SSSR count). The molecule has 0 saturated carbocycles. The fourth-order valence-corrected chi connectivity index (χ4v) is 3.07. The van der Waals surface area contributed by atoms with Gasteiger partial charge in [-0.05, 0) is 30.7 Å². The van der Waals surface area contributed by atoms with Crippen LogP contribution in [0.25, 0.3) is 6.08 Å². The van der Waals surface area contributed by atoms with Gasteiger partial charge in [-0.2, -0.15) is 0 Å². The largest absolute Gasteiger partial charge is 0.463 e. The number of carbonyl (C=O) groups is 2. The third-order valence-electron chi connectivity index (χ3n) is 4.49. The molecule has 2 aliphatic heterocycles. The minimum Gasteiger partial charge on any atom is -0.463 e. The Morgan fingerprint density at radius 3 is 2.46 bits per heavy atom. The molecule has 2 aliphatic rings. The second-order valence-electron chi connectivity index (χ2n) is 6.23. The Kier molecular flexibility index (Phi) is 5.90. The molecule has 7 heteroatoms. The topological polar surface area (TPSA) is 77.1 Å². The Morgan fingerprint density at radius 1 is 1.19 bits per heavy atom. The molecule has 0 atom stereocenters. The van der Waals surface area contributed by atoms with Crippen LogP contribution in [0.15, 0.2) is 30.3 Å². The lowest BCUT2D eigenvalue weighted by atomic mass is 10.0. The van der Waals surface area contributed by atoms with Gasteiger partial charge in [-0.3, -0.25) is 0 Å². The summed E-state index contributed by atoms with van der Waals surface area (Å²) in [7, 11) is 0. The number of rotatable bonds is 4. The Bertz CT molecular complexity index is 655. The summed E-state index contributed by atoms with van der Waals surface area (Å²) in [6.45, 7) is 4.58. The highest BCUT2D eigenvalue weighted by Crippen LogP contribution is 2.31. The summed E-state index contributed by atoms with van der Waals surface area (Å²) < 4.78 is 16.2. The predicted molar refractivity (Wildman–Crippen MR) is 96.6 cm³/mol. The quantitative estimate of drug-likeness (QED) is 0.660. The van der Waals surface area contributed by atoms with E-state index in [0.717, 1.165) is 5.56 Å². The Labute approximate surface area is 152 Å². The maximum atomic E-state index is 12.4. The van der Waals surface area contributed by atoms with E-state index in [0.29, 0.717) is 51.4 Å². The first-order chi connectivity index (χ1) is 12.6. The van der Waals surface area contributed by atoms with Crippen molar-refractivity contribution in [3.63, 3.8) is 0 Å². The van der Waals surface area contributed by atoms with Crippen molar-refractivity contribution in [2.24, 2.45) is 0 Å². The number of nitrogens with one attached hydrogen (secondary N) is 1. The van der Waals surface area contributed by atoms with Crippen LogP contribution in [0.1, 0.15) is 25.3 Å². The fourth-order valence-electron chi connectivity index (χ4n) is 3.07. The highest BCUT2D eigenvalue weighted by Gasteiger charge is 2.40. The minimum absolute atomic E-state index is 0.132. The van der Waals surface area contributed by atoms with E-state index in [2.05, 4.69) is 5.32 Å². The number of hydrogen-bond donors (Lipinski definition) is 1. The number of esters is 1. The number of piperidine rings is 1. The first-order valence-electron chi connectivity index (χ1n) is 8.89. The maximum Gasteiger partial charge on any atom is 0.330 e. The van der Waals surface area contributed by atoms with Crippen molar-refractivity contribution < 1.29 is 23.8 Å². The van der Waals surface area contributed by atoms with E-state index < -0.39 is 5.79 Å². The van der Waals surface area contributed by atoms with E-state index in [1.807, 2.05) is 12.1 Å². The molecule has 2 amide bonds. The Hall–Kier alpha value is -2.38. The zero-order valence-corrected chi connectivity index (χ0v) is 14.9. The third kappa shape index (κ3) is 4.62. The van der Waals surface area contributed by atoms with E-state index in [4.69, 9.17) is 14.2 Å². The van der Waals surface area contributed by atoms with Gasteiger partial charge < -0.3 is 24.4 Å². The zero-order chi connectivity index (χ0) is 18.4. The van der Waals surface area contributed by atoms with E-state index in [9.17, 15) is 9.59 Å². The molecule has 1 aromatic rings. The Balaban J connectivity index is 1.49. The summed E-state index contributed by atoms with van der Waals surface area (Å²) in [5, 5.41) is 2.89. The Morgan fingerprint density at radius 2 is 1.85 bits per heavy atom. The lowest BCUT2D eigenvalue weighted by molar-refractivity contribution is -0.181. The lowest BCUT2D eigenvalue weighted by Crippen LogP contribution is -2.48. The van der Waals surface area contributed by atoms with Gasteiger partial charge >= 0.3 is 12.0 Å². The fraction of sp³-hybridized carbons (Fsp3) is 0.474. The van der Waals surface area contributed by atoms with Crippen LogP contribution in [0.5, 0.6) is 0 Å². The number of urea groups is 1. The maximum absolute atomic E-state index is 12.4. The molecule has 1 N–H and O–H groups in total. The van der Waals surface area contributed by atoms with Crippen molar-refractivity contribution in [3.8, 4) is 0 Å². The van der Waals surface area contributed by atoms with Crippen molar-refractivity contribution >= 4 is 23.8 Å². The van der Waals surface area contributed by atoms with Crippen LogP contribution in [0, 0.1) is 0 Å². The summed E-state index contributed by atoms with van der Waals surface area (Å²) in [6.07, 6.45) is 4.44. The smallest absolute Gasteiger partial charge is 0.330 e. The lowest BCUT2D eigenvalue weighted by Gasteiger charge is -2.37.